The molecule has 0 bridgehead atoms. The van der Waals surface area contributed by atoms with Crippen molar-refractivity contribution in [3.05, 3.63) is 38.5 Å². The van der Waals surface area contributed by atoms with Crippen LogP contribution >= 0.6 is 22.7 Å². The van der Waals surface area contributed by atoms with Gasteiger partial charge in [0.2, 0.25) is 5.91 Å². The summed E-state index contributed by atoms with van der Waals surface area (Å²) in [5.74, 6) is 0.333. The Morgan fingerprint density at radius 2 is 2.33 bits per heavy atom. The van der Waals surface area contributed by atoms with Gasteiger partial charge in [-0.25, -0.2) is 4.98 Å². The summed E-state index contributed by atoms with van der Waals surface area (Å²) in [5, 5.41) is 17.6. The number of hydrogen-bond donors (Lipinski definition) is 2. The zero-order chi connectivity index (χ0) is 14.8. The lowest BCUT2D eigenvalue weighted by Crippen LogP contribution is -2.41. The highest BCUT2D eigenvalue weighted by Crippen LogP contribution is 2.39. The number of carbonyl (C=O) groups is 1. The van der Waals surface area contributed by atoms with E-state index in [0.29, 0.717) is 12.3 Å². The number of hydrogen-bond acceptors (Lipinski definition) is 5. The lowest BCUT2D eigenvalue weighted by atomic mass is 9.76. The second-order valence-electron chi connectivity index (χ2n) is 5.48. The van der Waals surface area contributed by atoms with Gasteiger partial charge in [-0.1, -0.05) is 6.07 Å². The average molecular weight is 322 g/mol. The van der Waals surface area contributed by atoms with Gasteiger partial charge < -0.3 is 10.4 Å². The van der Waals surface area contributed by atoms with Crippen molar-refractivity contribution in [1.82, 2.24) is 10.3 Å². The molecule has 2 N–H and O–H groups in total. The van der Waals surface area contributed by atoms with Crippen LogP contribution in [0.25, 0.3) is 0 Å². The largest absolute Gasteiger partial charge is 0.393 e. The number of thiophene rings is 1. The van der Waals surface area contributed by atoms with E-state index in [1.807, 2.05) is 29.8 Å². The Kier molecular flexibility index (Phi) is 4.37. The molecule has 2 aromatic heterocycles. The van der Waals surface area contributed by atoms with Crippen molar-refractivity contribution in [3.8, 4) is 0 Å². The number of thiazole rings is 1. The van der Waals surface area contributed by atoms with Gasteiger partial charge in [0.15, 0.2) is 0 Å². The molecule has 2 aromatic rings. The fourth-order valence-corrected chi connectivity index (χ4v) is 4.15. The first-order valence-corrected chi connectivity index (χ1v) is 8.79. The maximum atomic E-state index is 12.2. The second-order valence-corrected chi connectivity index (χ2v) is 7.52. The van der Waals surface area contributed by atoms with Crippen LogP contribution < -0.4 is 5.32 Å². The van der Waals surface area contributed by atoms with Gasteiger partial charge in [-0.15, -0.1) is 22.7 Å². The zero-order valence-corrected chi connectivity index (χ0v) is 13.4. The third-order valence-electron chi connectivity index (χ3n) is 3.80. The molecule has 1 fully saturated rings. The van der Waals surface area contributed by atoms with E-state index < -0.39 is 0 Å². The molecule has 1 amide bonds. The summed E-state index contributed by atoms with van der Waals surface area (Å²) < 4.78 is 0. The first-order valence-electron chi connectivity index (χ1n) is 7.03. The highest BCUT2D eigenvalue weighted by molar-refractivity contribution is 7.10. The van der Waals surface area contributed by atoms with E-state index in [4.69, 9.17) is 0 Å². The minimum atomic E-state index is -0.212. The molecule has 0 saturated heterocycles. The van der Waals surface area contributed by atoms with Gasteiger partial charge in [0.05, 0.1) is 29.3 Å². The van der Waals surface area contributed by atoms with Crippen molar-refractivity contribution in [3.63, 3.8) is 0 Å². The number of aliphatic hydroxyl groups is 1. The summed E-state index contributed by atoms with van der Waals surface area (Å²) in [6.07, 6.45) is 1.63. The maximum absolute atomic E-state index is 12.2. The van der Waals surface area contributed by atoms with Gasteiger partial charge in [0.25, 0.3) is 0 Å². The van der Waals surface area contributed by atoms with E-state index >= 15 is 0 Å². The minimum absolute atomic E-state index is 0.0000831. The number of aryl methyl sites for hydroxylation is 1. The molecular weight excluding hydrogens is 304 g/mol. The third-order valence-corrected chi connectivity index (χ3v) is 5.57. The standard InChI is InChI=1S/C15H18N2O2S2/c1-9-16-11(8-21-9)7-14(19)17-15(10-5-12(18)6-10)13-3-2-4-20-13/h2-4,8,10,12,15,18H,5-7H2,1H3,(H,17,19)/t10?,12?,15-/m1/s1. The SMILES string of the molecule is Cc1nc(CC(=O)N[C@@H](c2cccs2)C2CC(O)C2)cs1. The molecule has 1 aliphatic rings. The number of carbonyl (C=O) groups excluding carboxylic acids is 1. The van der Waals surface area contributed by atoms with Crippen molar-refractivity contribution in [2.75, 3.05) is 0 Å². The summed E-state index contributed by atoms with van der Waals surface area (Å²) in [6.45, 7) is 1.94. The molecular formula is C15H18N2O2S2. The molecule has 21 heavy (non-hydrogen) atoms. The third kappa shape index (κ3) is 3.51. The Morgan fingerprint density at radius 1 is 1.52 bits per heavy atom. The van der Waals surface area contributed by atoms with Gasteiger partial charge in [0.1, 0.15) is 0 Å². The van der Waals surface area contributed by atoms with Crippen molar-refractivity contribution < 1.29 is 9.90 Å². The Bertz CT molecular complexity index is 603. The van der Waals surface area contributed by atoms with Gasteiger partial charge in [-0.3, -0.25) is 4.79 Å². The summed E-state index contributed by atoms with van der Waals surface area (Å²) in [7, 11) is 0. The second kappa shape index (κ2) is 6.25. The number of aromatic nitrogens is 1. The lowest BCUT2D eigenvalue weighted by Gasteiger charge is -2.37. The molecule has 0 spiro atoms. The van der Waals surface area contributed by atoms with Gasteiger partial charge in [-0.05, 0) is 37.1 Å². The quantitative estimate of drug-likeness (QED) is 0.889. The van der Waals surface area contributed by atoms with Crippen LogP contribution in [0.1, 0.15) is 34.5 Å². The van der Waals surface area contributed by atoms with Crippen LogP contribution in [0.5, 0.6) is 0 Å². The van der Waals surface area contributed by atoms with E-state index in [9.17, 15) is 9.90 Å². The van der Waals surface area contributed by atoms with Crippen LogP contribution in [0.3, 0.4) is 0 Å². The first kappa shape index (κ1) is 14.7. The summed E-state index contributed by atoms with van der Waals surface area (Å²) >= 11 is 3.22. The van der Waals surface area contributed by atoms with Crippen LogP contribution in [0, 0.1) is 12.8 Å². The highest BCUT2D eigenvalue weighted by atomic mass is 32.1. The number of rotatable bonds is 5. The molecule has 0 aliphatic heterocycles. The molecule has 6 heteroatoms. The number of nitrogens with zero attached hydrogens (tertiary/aromatic N) is 1. The smallest absolute Gasteiger partial charge is 0.226 e. The van der Waals surface area contributed by atoms with Crippen molar-refractivity contribution in [1.29, 1.82) is 0 Å². The molecule has 4 nitrogen and oxygen atoms in total. The lowest BCUT2D eigenvalue weighted by molar-refractivity contribution is -0.122. The molecule has 0 unspecified atom stereocenters. The highest BCUT2D eigenvalue weighted by Gasteiger charge is 2.36. The van der Waals surface area contributed by atoms with E-state index in [-0.39, 0.29) is 18.1 Å². The molecule has 1 saturated carbocycles. The van der Waals surface area contributed by atoms with E-state index in [1.165, 1.54) is 0 Å². The van der Waals surface area contributed by atoms with Crippen LogP contribution in [-0.2, 0) is 11.2 Å². The average Bonchev–Trinajstić information content (AvgIpc) is 3.04. The monoisotopic (exact) mass is 322 g/mol. The molecule has 1 atom stereocenters. The predicted molar refractivity (Wildman–Crippen MR) is 84.5 cm³/mol. The van der Waals surface area contributed by atoms with E-state index in [1.54, 1.807) is 22.7 Å². The molecule has 0 aromatic carbocycles. The normalized spacial score (nSPS) is 22.6. The molecule has 112 valence electrons. The summed E-state index contributed by atoms with van der Waals surface area (Å²) in [6, 6.07) is 4.06. The Morgan fingerprint density at radius 3 is 2.90 bits per heavy atom. The van der Waals surface area contributed by atoms with Crippen LogP contribution in [0.15, 0.2) is 22.9 Å². The van der Waals surface area contributed by atoms with E-state index in [2.05, 4.69) is 10.3 Å². The summed E-state index contributed by atoms with van der Waals surface area (Å²) in [5.41, 5.74) is 0.827. The predicted octanol–water partition coefficient (Wildman–Crippen LogP) is 2.68. The van der Waals surface area contributed by atoms with Crippen molar-refractivity contribution in [2.24, 2.45) is 5.92 Å². The van der Waals surface area contributed by atoms with Gasteiger partial charge >= 0.3 is 0 Å². The fraction of sp³-hybridized carbons (Fsp3) is 0.467. The Hall–Kier alpha value is -1.24. The molecule has 1 aliphatic carbocycles. The van der Waals surface area contributed by atoms with Crippen molar-refractivity contribution in [2.45, 2.75) is 38.3 Å². The van der Waals surface area contributed by atoms with Crippen molar-refractivity contribution >= 4 is 28.6 Å². The summed E-state index contributed by atoms with van der Waals surface area (Å²) in [4.78, 5) is 17.7. The van der Waals surface area contributed by atoms with Gasteiger partial charge in [0, 0.05) is 10.3 Å². The van der Waals surface area contributed by atoms with Gasteiger partial charge in [-0.2, -0.15) is 0 Å². The van der Waals surface area contributed by atoms with E-state index in [0.717, 1.165) is 28.4 Å². The molecule has 0 radical (unpaired) electrons. The topological polar surface area (TPSA) is 62.2 Å². The first-order chi connectivity index (χ1) is 10.1. The molecule has 2 heterocycles. The molecule has 3 rings (SSSR count). The Labute approximate surface area is 131 Å². The van der Waals surface area contributed by atoms with Crippen LogP contribution in [-0.4, -0.2) is 22.1 Å². The zero-order valence-electron chi connectivity index (χ0n) is 11.8. The minimum Gasteiger partial charge on any atom is -0.393 e. The van der Waals surface area contributed by atoms with Crippen LogP contribution in [0.4, 0.5) is 0 Å². The number of amides is 1. The Balaban J connectivity index is 1.65. The fourth-order valence-electron chi connectivity index (χ4n) is 2.67. The number of aliphatic hydroxyl groups excluding tert-OH is 1. The number of nitrogens with one attached hydrogen (secondary N) is 1. The maximum Gasteiger partial charge on any atom is 0.226 e. The van der Waals surface area contributed by atoms with Crippen LogP contribution in [0.2, 0.25) is 0 Å².